The fourth-order valence-electron chi connectivity index (χ4n) is 6.12. The average Bonchev–Trinajstić information content (AvgIpc) is 3.11. The summed E-state index contributed by atoms with van der Waals surface area (Å²) in [5.74, 6) is 0. The van der Waals surface area contributed by atoms with Gasteiger partial charge in [0.05, 0.1) is 41.1 Å². The maximum atomic E-state index is 8.56. The predicted octanol–water partition coefficient (Wildman–Crippen LogP) is 8.05. The molecule has 53 heavy (non-hydrogen) atoms. The Labute approximate surface area is 337 Å². The van der Waals surface area contributed by atoms with Gasteiger partial charge in [-0.2, -0.15) is 0 Å². The molecule has 4 atom stereocenters. The van der Waals surface area contributed by atoms with E-state index in [4.69, 9.17) is 20.4 Å². The predicted molar refractivity (Wildman–Crippen MR) is 207 cm³/mol. The van der Waals surface area contributed by atoms with Crippen molar-refractivity contribution in [1.29, 1.82) is 0 Å². The summed E-state index contributed by atoms with van der Waals surface area (Å²) < 4.78 is 0. The molecule has 0 amide bonds. The third kappa shape index (κ3) is 11.1. The Bertz CT molecular complexity index is 2100. The number of hydrogen-bond acceptors (Lipinski definition) is 8. The van der Waals surface area contributed by atoms with Crippen LogP contribution in [0.2, 0.25) is 0 Å². The number of aryl methyl sites for hydroxylation is 1. The minimum Gasteiger partial charge on any atom is -0.393 e. The number of rotatable bonds is 4. The van der Waals surface area contributed by atoms with Crippen LogP contribution in [-0.4, -0.2) is 64.8 Å². The van der Waals surface area contributed by atoms with E-state index in [2.05, 4.69) is 80.6 Å². The fraction of sp³-hybridized carbons (Fsp3) is 0.256. The van der Waals surface area contributed by atoms with Crippen LogP contribution in [0.15, 0.2) is 104 Å². The maximum Gasteiger partial charge on any atom is 0.0548 e. The maximum absolute atomic E-state index is 8.56. The van der Waals surface area contributed by atoms with Crippen LogP contribution >= 0.6 is 0 Å². The van der Waals surface area contributed by atoms with Crippen molar-refractivity contribution in [2.75, 3.05) is 0 Å². The zero-order valence-electron chi connectivity index (χ0n) is 30.3. The summed E-state index contributed by atoms with van der Waals surface area (Å²) in [5, 5.41) is 43.4. The molecule has 0 aliphatic heterocycles. The number of aromatic nitrogens is 4. The summed E-state index contributed by atoms with van der Waals surface area (Å²) in [5.41, 5.74) is 4.70. The largest absolute Gasteiger partial charge is 0.393 e. The third-order valence-electron chi connectivity index (χ3n) is 8.09. The monoisotopic (exact) mass is 1070 g/mol. The van der Waals surface area contributed by atoms with Gasteiger partial charge in [-0.05, 0) is 58.2 Å². The Balaban J connectivity index is 0.000000207. The van der Waals surface area contributed by atoms with Crippen molar-refractivity contribution in [2.45, 2.75) is 71.9 Å². The van der Waals surface area contributed by atoms with Crippen LogP contribution in [0.1, 0.15) is 46.2 Å². The first kappa shape index (κ1) is 43.6. The Morgan fingerprint density at radius 1 is 0.491 bits per heavy atom. The Morgan fingerprint density at radius 2 is 0.868 bits per heavy atom. The van der Waals surface area contributed by atoms with Crippen molar-refractivity contribution in [3.8, 4) is 0 Å². The molecule has 4 unspecified atom stereocenters. The molecule has 0 saturated heterocycles. The van der Waals surface area contributed by atoms with Gasteiger partial charge in [0.2, 0.25) is 0 Å². The second-order valence-electron chi connectivity index (χ2n) is 12.8. The van der Waals surface area contributed by atoms with E-state index in [0.717, 1.165) is 49.3 Å². The van der Waals surface area contributed by atoms with Crippen molar-refractivity contribution in [3.05, 3.63) is 121 Å². The van der Waals surface area contributed by atoms with Crippen molar-refractivity contribution in [2.24, 2.45) is 0 Å². The molecule has 2 heterocycles. The number of nitrogens with zero attached hydrogens (tertiary/aromatic N) is 4. The number of hydrogen-bond donors (Lipinski definition) is 4. The molecule has 4 N–H and O–H groups in total. The van der Waals surface area contributed by atoms with E-state index >= 15 is 0 Å². The topological polar surface area (TPSA) is 132 Å². The Hall–Kier alpha value is -3.82. The molecule has 0 fully saturated rings. The normalized spacial score (nSPS) is 12.9. The van der Waals surface area contributed by atoms with Crippen LogP contribution in [0.3, 0.4) is 0 Å². The summed E-state index contributed by atoms with van der Waals surface area (Å²) in [6.45, 7) is 8.61. The van der Waals surface area contributed by atoms with E-state index < -0.39 is 0 Å². The summed E-state index contributed by atoms with van der Waals surface area (Å²) >= 11 is 0. The van der Waals surface area contributed by atoms with Gasteiger partial charge in [0.1, 0.15) is 0 Å². The molecular formula is C43H44Ir2N4O4-2. The molecule has 8 aromatic rings. The Morgan fingerprint density at radius 3 is 1.30 bits per heavy atom. The first-order valence-electron chi connectivity index (χ1n) is 17.1. The van der Waals surface area contributed by atoms with E-state index in [9.17, 15) is 0 Å². The van der Waals surface area contributed by atoms with Crippen molar-refractivity contribution in [1.82, 2.24) is 19.9 Å². The smallest absolute Gasteiger partial charge is 0.0548 e. The SMILES string of the molecule is CC(O)CC(C)O.CC(O)CC(C)O.Cc1cnc2c3[c-]cccc3c3ccccc3c2n1.[Ir].[Ir].[c-]1cccc2c1c1nccnc1c1ccccc21. The number of aliphatic hydroxyl groups excluding tert-OH is 4. The average molecular weight is 1070 g/mol. The molecular weight excluding hydrogens is 1020 g/mol. The van der Waals surface area contributed by atoms with Gasteiger partial charge in [-0.25, -0.2) is 0 Å². The second-order valence-corrected chi connectivity index (χ2v) is 12.8. The van der Waals surface area contributed by atoms with E-state index in [-0.39, 0.29) is 64.6 Å². The van der Waals surface area contributed by atoms with E-state index in [1.165, 1.54) is 21.5 Å². The van der Waals surface area contributed by atoms with Gasteiger partial charge in [-0.3, -0.25) is 9.97 Å². The third-order valence-corrected chi connectivity index (χ3v) is 8.09. The number of fused-ring (bicyclic) bond motifs is 12. The van der Waals surface area contributed by atoms with Crippen LogP contribution in [-0.2, 0) is 40.2 Å². The zero-order valence-corrected chi connectivity index (χ0v) is 35.1. The second kappa shape index (κ2) is 20.6. The van der Waals surface area contributed by atoms with E-state index in [1.807, 2.05) is 49.5 Å². The van der Waals surface area contributed by atoms with Gasteiger partial charge in [0.15, 0.2) is 0 Å². The molecule has 8 nitrogen and oxygen atoms in total. The van der Waals surface area contributed by atoms with Crippen LogP contribution in [0.25, 0.3) is 65.2 Å². The number of aliphatic hydroxyl groups is 4. The molecule has 0 aliphatic carbocycles. The molecule has 2 radical (unpaired) electrons. The van der Waals surface area contributed by atoms with Crippen molar-refractivity contribution >= 4 is 65.2 Å². The van der Waals surface area contributed by atoms with Crippen LogP contribution < -0.4 is 0 Å². The van der Waals surface area contributed by atoms with Gasteiger partial charge in [-0.15, -0.1) is 59.3 Å². The molecule has 0 saturated carbocycles. The van der Waals surface area contributed by atoms with Crippen molar-refractivity contribution in [3.63, 3.8) is 0 Å². The summed E-state index contributed by atoms with van der Waals surface area (Å²) in [6.07, 6.45) is 4.73. The van der Waals surface area contributed by atoms with Gasteiger partial charge in [-0.1, -0.05) is 70.1 Å². The van der Waals surface area contributed by atoms with Crippen molar-refractivity contribution < 1.29 is 60.6 Å². The van der Waals surface area contributed by atoms with Gasteiger partial charge < -0.3 is 30.4 Å². The molecule has 8 rings (SSSR count). The zero-order chi connectivity index (χ0) is 36.5. The molecule has 280 valence electrons. The Kier molecular flexibility index (Phi) is 16.9. The van der Waals surface area contributed by atoms with E-state index in [1.54, 1.807) is 40.1 Å². The van der Waals surface area contributed by atoms with Gasteiger partial charge in [0.25, 0.3) is 0 Å². The first-order valence-corrected chi connectivity index (χ1v) is 17.1. The van der Waals surface area contributed by atoms with E-state index in [0.29, 0.717) is 12.8 Å². The van der Waals surface area contributed by atoms with Crippen LogP contribution in [0.5, 0.6) is 0 Å². The molecule has 0 bridgehead atoms. The minimum absolute atomic E-state index is 0. The molecule has 10 heteroatoms. The summed E-state index contributed by atoms with van der Waals surface area (Å²) in [6, 6.07) is 35.4. The number of benzene rings is 6. The molecule has 2 aromatic heterocycles. The first-order chi connectivity index (χ1) is 24.5. The fourth-order valence-corrected chi connectivity index (χ4v) is 6.12. The standard InChI is InChI=1S/C17H11N2.C16H9N2.2C5H12O2.2Ir/c1-11-10-18-16-14-8-4-2-6-12(14)13-7-3-5-9-15(13)17(16)19-11;1-3-7-13-11(5-1)12-6-2-4-8-14(12)16-15(13)17-9-10-18-16;2*1-4(6)3-5(2)7;;/h2-7,9-10H,1H3;1-7,9-10H;2*4-7H,3H2,1-2H3;;/q2*-1;;;;. The van der Waals surface area contributed by atoms with Crippen LogP contribution in [0, 0.1) is 19.1 Å². The molecule has 0 spiro atoms. The molecule has 0 aliphatic rings. The quantitative estimate of drug-likeness (QED) is 0.103. The van der Waals surface area contributed by atoms with Crippen LogP contribution in [0.4, 0.5) is 0 Å². The summed E-state index contributed by atoms with van der Waals surface area (Å²) in [4.78, 5) is 18.2. The molecule has 6 aromatic carbocycles. The minimum atomic E-state index is -0.375. The summed E-state index contributed by atoms with van der Waals surface area (Å²) in [7, 11) is 0. The van der Waals surface area contributed by atoms with Gasteiger partial charge >= 0.3 is 0 Å². The van der Waals surface area contributed by atoms with Gasteiger partial charge in [0, 0.05) is 69.8 Å².